The highest BCUT2D eigenvalue weighted by Gasteiger charge is 2.50. The summed E-state index contributed by atoms with van der Waals surface area (Å²) in [7, 11) is -1.85. The Balaban J connectivity index is 1.79. The van der Waals surface area contributed by atoms with Crippen LogP contribution in [0.1, 0.15) is 52.0 Å². The summed E-state index contributed by atoms with van der Waals surface area (Å²) in [5.41, 5.74) is 1.33. The van der Waals surface area contributed by atoms with Crippen LogP contribution in [0.4, 0.5) is 0 Å². The number of carboxylic acid groups (broad SMARTS) is 1. The second-order valence-electron chi connectivity index (χ2n) is 9.97. The monoisotopic (exact) mass is 389 g/mol. The summed E-state index contributed by atoms with van der Waals surface area (Å²) in [6, 6.07) is 11.4. The van der Waals surface area contributed by atoms with Crippen molar-refractivity contribution in [2.45, 2.75) is 89.3 Å². The van der Waals surface area contributed by atoms with Crippen molar-refractivity contribution < 1.29 is 14.3 Å². The van der Waals surface area contributed by atoms with Gasteiger partial charge in [-0.3, -0.25) is 9.69 Å². The van der Waals surface area contributed by atoms with Crippen LogP contribution in [0.25, 0.3) is 0 Å². The van der Waals surface area contributed by atoms with Crippen LogP contribution in [0.2, 0.25) is 18.1 Å². The molecule has 0 amide bonds. The van der Waals surface area contributed by atoms with E-state index in [1.54, 1.807) is 0 Å². The molecule has 2 aliphatic heterocycles. The van der Waals surface area contributed by atoms with Gasteiger partial charge in [-0.1, -0.05) is 51.1 Å². The fourth-order valence-corrected chi connectivity index (χ4v) is 5.89. The molecule has 0 radical (unpaired) electrons. The lowest BCUT2D eigenvalue weighted by atomic mass is 9.88. The van der Waals surface area contributed by atoms with Gasteiger partial charge in [0.15, 0.2) is 8.32 Å². The maximum atomic E-state index is 11.3. The summed E-state index contributed by atoms with van der Waals surface area (Å²) in [4.78, 5) is 13.9. The predicted octanol–water partition coefficient (Wildman–Crippen LogP) is 4.90. The molecule has 0 spiro atoms. The predicted molar refractivity (Wildman–Crippen MR) is 111 cm³/mol. The smallest absolute Gasteiger partial charge is 0.303 e. The Morgan fingerprint density at radius 1 is 1.19 bits per heavy atom. The van der Waals surface area contributed by atoms with Crippen molar-refractivity contribution in [1.82, 2.24) is 4.90 Å². The maximum Gasteiger partial charge on any atom is 0.303 e. The molecule has 0 aliphatic carbocycles. The average Bonchev–Trinajstić information content (AvgIpc) is 2.73. The summed E-state index contributed by atoms with van der Waals surface area (Å²) >= 11 is 0. The van der Waals surface area contributed by atoms with Crippen molar-refractivity contribution in [3.8, 4) is 0 Å². The highest BCUT2D eigenvalue weighted by atomic mass is 28.4. The van der Waals surface area contributed by atoms with Crippen LogP contribution in [0, 0.1) is 5.92 Å². The fraction of sp³-hybridized carbons (Fsp3) is 0.682. The highest BCUT2D eigenvalue weighted by molar-refractivity contribution is 6.74. The van der Waals surface area contributed by atoms with Crippen molar-refractivity contribution in [3.05, 3.63) is 35.9 Å². The SMILES string of the molecule is CC(C)(C)[Si](C)(C)OC1C[C@@H]2C[C@@H](CC(=O)O)C[C@H]1N2Cc1ccccc1. The van der Waals surface area contributed by atoms with Gasteiger partial charge in [-0.25, -0.2) is 0 Å². The van der Waals surface area contributed by atoms with E-state index in [2.05, 4.69) is 69.1 Å². The molecule has 0 aromatic heterocycles. The van der Waals surface area contributed by atoms with E-state index < -0.39 is 14.3 Å². The van der Waals surface area contributed by atoms with Crippen LogP contribution in [-0.2, 0) is 15.8 Å². The van der Waals surface area contributed by atoms with Gasteiger partial charge in [0, 0.05) is 25.0 Å². The highest BCUT2D eigenvalue weighted by Crippen LogP contribution is 2.45. The van der Waals surface area contributed by atoms with Gasteiger partial charge in [-0.15, -0.1) is 0 Å². The van der Waals surface area contributed by atoms with Gasteiger partial charge in [0.1, 0.15) is 0 Å². The van der Waals surface area contributed by atoms with Crippen molar-refractivity contribution in [2.24, 2.45) is 5.92 Å². The van der Waals surface area contributed by atoms with E-state index in [4.69, 9.17) is 4.43 Å². The third-order valence-electron chi connectivity index (χ3n) is 6.93. The molecule has 27 heavy (non-hydrogen) atoms. The largest absolute Gasteiger partial charge is 0.481 e. The first kappa shape index (κ1) is 20.6. The molecule has 1 N–H and O–H groups in total. The number of hydrogen-bond donors (Lipinski definition) is 1. The van der Waals surface area contributed by atoms with E-state index in [0.717, 1.165) is 25.8 Å². The van der Waals surface area contributed by atoms with E-state index >= 15 is 0 Å². The molecule has 4 atom stereocenters. The summed E-state index contributed by atoms with van der Waals surface area (Å²) in [5, 5.41) is 9.47. The number of carboxylic acids is 1. The average molecular weight is 390 g/mol. The molecule has 2 saturated heterocycles. The fourth-order valence-electron chi connectivity index (χ4n) is 4.52. The Labute approximate surface area is 165 Å². The third-order valence-corrected chi connectivity index (χ3v) is 11.4. The Morgan fingerprint density at radius 2 is 1.85 bits per heavy atom. The van der Waals surface area contributed by atoms with Gasteiger partial charge in [-0.2, -0.15) is 0 Å². The summed E-state index contributed by atoms with van der Waals surface area (Å²) in [6.45, 7) is 12.4. The second kappa shape index (κ2) is 7.68. The Bertz CT molecular complexity index is 655. The number of rotatable bonds is 6. The molecular formula is C22H35NO3Si. The van der Waals surface area contributed by atoms with E-state index in [0.29, 0.717) is 18.5 Å². The number of hydrogen-bond acceptors (Lipinski definition) is 3. The zero-order valence-electron chi connectivity index (χ0n) is 17.4. The van der Waals surface area contributed by atoms with E-state index in [-0.39, 0.29) is 17.1 Å². The Kier molecular flexibility index (Phi) is 5.85. The lowest BCUT2D eigenvalue weighted by Crippen LogP contribution is -2.49. The van der Waals surface area contributed by atoms with Gasteiger partial charge < -0.3 is 9.53 Å². The van der Waals surface area contributed by atoms with Crippen LogP contribution in [0.5, 0.6) is 0 Å². The number of aliphatic carboxylic acids is 1. The zero-order chi connectivity index (χ0) is 19.8. The van der Waals surface area contributed by atoms with Crippen LogP contribution in [0.15, 0.2) is 30.3 Å². The maximum absolute atomic E-state index is 11.3. The Morgan fingerprint density at radius 3 is 2.44 bits per heavy atom. The minimum Gasteiger partial charge on any atom is -0.481 e. The molecular weight excluding hydrogens is 354 g/mol. The lowest BCUT2D eigenvalue weighted by Gasteiger charge is -2.42. The first-order valence-electron chi connectivity index (χ1n) is 10.3. The molecule has 150 valence electrons. The minimum atomic E-state index is -1.85. The normalized spacial score (nSPS) is 29.1. The first-order chi connectivity index (χ1) is 12.6. The topological polar surface area (TPSA) is 49.8 Å². The number of nitrogens with zero attached hydrogens (tertiary/aromatic N) is 1. The summed E-state index contributed by atoms with van der Waals surface area (Å²) < 4.78 is 6.85. The molecule has 5 heteroatoms. The molecule has 1 unspecified atom stereocenters. The second-order valence-corrected chi connectivity index (χ2v) is 14.7. The molecule has 1 aromatic carbocycles. The molecule has 4 nitrogen and oxygen atoms in total. The molecule has 2 aliphatic rings. The Hall–Kier alpha value is -1.17. The van der Waals surface area contributed by atoms with Crippen molar-refractivity contribution in [3.63, 3.8) is 0 Å². The van der Waals surface area contributed by atoms with E-state index in [9.17, 15) is 9.90 Å². The van der Waals surface area contributed by atoms with Crippen molar-refractivity contribution >= 4 is 14.3 Å². The molecule has 2 fully saturated rings. The van der Waals surface area contributed by atoms with Gasteiger partial charge in [0.2, 0.25) is 0 Å². The van der Waals surface area contributed by atoms with E-state index in [1.165, 1.54) is 5.56 Å². The van der Waals surface area contributed by atoms with Crippen LogP contribution in [0.3, 0.4) is 0 Å². The van der Waals surface area contributed by atoms with Gasteiger partial charge in [-0.05, 0) is 48.9 Å². The van der Waals surface area contributed by atoms with Crippen molar-refractivity contribution in [2.75, 3.05) is 0 Å². The van der Waals surface area contributed by atoms with Crippen LogP contribution < -0.4 is 0 Å². The van der Waals surface area contributed by atoms with E-state index in [1.807, 2.05) is 0 Å². The third kappa shape index (κ3) is 4.64. The lowest BCUT2D eigenvalue weighted by molar-refractivity contribution is -0.138. The van der Waals surface area contributed by atoms with Gasteiger partial charge in [0.25, 0.3) is 0 Å². The molecule has 1 aromatic rings. The van der Waals surface area contributed by atoms with Crippen LogP contribution >= 0.6 is 0 Å². The van der Waals surface area contributed by atoms with Crippen LogP contribution in [-0.4, -0.2) is 42.5 Å². The number of benzene rings is 1. The summed E-state index contributed by atoms with van der Waals surface area (Å²) in [5.74, 6) is -0.393. The number of piperidine rings is 1. The minimum absolute atomic E-state index is 0.189. The number of fused-ring (bicyclic) bond motifs is 2. The number of carbonyl (C=O) groups is 1. The first-order valence-corrected chi connectivity index (χ1v) is 13.2. The zero-order valence-corrected chi connectivity index (χ0v) is 18.4. The molecule has 2 heterocycles. The summed E-state index contributed by atoms with van der Waals surface area (Å²) in [6.07, 6.45) is 3.49. The molecule has 2 bridgehead atoms. The van der Waals surface area contributed by atoms with Gasteiger partial charge in [0.05, 0.1) is 6.10 Å². The quantitative estimate of drug-likeness (QED) is 0.703. The standard InChI is InChI=1S/C22H35NO3Si/c1-22(2,3)27(4,5)26-20-14-18-11-17(13-21(24)25)12-19(20)23(18)15-16-9-7-6-8-10-16/h6-10,17-20H,11-15H2,1-5H3,(H,24,25)/t17-,18+,19-,20?/m1/s1. The van der Waals surface area contributed by atoms with Crippen molar-refractivity contribution in [1.29, 1.82) is 0 Å². The van der Waals surface area contributed by atoms with Gasteiger partial charge >= 0.3 is 5.97 Å². The molecule has 0 saturated carbocycles. The molecule has 3 rings (SSSR count).